The maximum absolute atomic E-state index is 12.3. The molecule has 0 aliphatic heterocycles. The largest absolute Gasteiger partial charge is 0.444 e. The number of aromatic amines is 1. The summed E-state index contributed by atoms with van der Waals surface area (Å²) in [5, 5.41) is 8.71. The van der Waals surface area contributed by atoms with Crippen molar-refractivity contribution in [2.45, 2.75) is 59.0 Å². The number of unbranched alkanes of at least 4 members (excludes halogenated alkanes) is 2. The Kier molecular flexibility index (Phi) is 9.26. The molecule has 1 aromatic heterocycles. The van der Waals surface area contributed by atoms with E-state index < -0.39 is 11.7 Å². The topological polar surface area (TPSA) is 108 Å². The zero-order chi connectivity index (χ0) is 19.6. The Balaban J connectivity index is 2.34. The standard InChI is InChI=1S/C17H30ClN5O3/c1-5-6-7-9-19-13-12(22-15(18)23-13)14(24)20-10-8-11-21-16(25)26-17(2,3)4/h19H,5-11H2,1-4H3,(H,20,24)(H,21,25)(H,22,23). The summed E-state index contributed by atoms with van der Waals surface area (Å²) in [4.78, 5) is 30.6. The first kappa shape index (κ1) is 22.1. The molecule has 148 valence electrons. The number of nitrogens with one attached hydrogen (secondary N) is 4. The van der Waals surface area contributed by atoms with Gasteiger partial charge in [0.15, 0.2) is 5.82 Å². The number of amides is 2. The van der Waals surface area contributed by atoms with E-state index in [0.29, 0.717) is 31.0 Å². The lowest BCUT2D eigenvalue weighted by Gasteiger charge is -2.19. The molecule has 0 saturated carbocycles. The van der Waals surface area contributed by atoms with E-state index in [4.69, 9.17) is 16.3 Å². The molecule has 0 fully saturated rings. The molecule has 0 aliphatic carbocycles. The molecule has 0 spiro atoms. The molecule has 0 aromatic carbocycles. The van der Waals surface area contributed by atoms with E-state index >= 15 is 0 Å². The first-order valence-corrected chi connectivity index (χ1v) is 9.35. The van der Waals surface area contributed by atoms with E-state index in [1.165, 1.54) is 0 Å². The molecule has 0 aliphatic rings. The van der Waals surface area contributed by atoms with E-state index in [9.17, 15) is 9.59 Å². The zero-order valence-corrected chi connectivity index (χ0v) is 16.8. The number of carbonyl (C=O) groups excluding carboxylic acids is 2. The minimum atomic E-state index is -0.529. The van der Waals surface area contributed by atoms with Gasteiger partial charge in [-0.2, -0.15) is 0 Å². The summed E-state index contributed by atoms with van der Waals surface area (Å²) in [6.07, 6.45) is 3.33. The molecular weight excluding hydrogens is 358 g/mol. The highest BCUT2D eigenvalue weighted by atomic mass is 35.5. The molecule has 0 atom stereocenters. The first-order valence-electron chi connectivity index (χ1n) is 8.97. The lowest BCUT2D eigenvalue weighted by atomic mass is 10.2. The number of hydrogen-bond donors (Lipinski definition) is 4. The fraction of sp³-hybridized carbons (Fsp3) is 0.706. The molecule has 0 radical (unpaired) electrons. The van der Waals surface area contributed by atoms with Crippen LogP contribution in [0.1, 0.15) is 63.9 Å². The molecule has 1 aromatic rings. The molecule has 8 nitrogen and oxygen atoms in total. The zero-order valence-electron chi connectivity index (χ0n) is 16.0. The van der Waals surface area contributed by atoms with Crippen LogP contribution < -0.4 is 16.0 Å². The second kappa shape index (κ2) is 10.9. The van der Waals surface area contributed by atoms with E-state index in [1.807, 2.05) is 0 Å². The molecule has 4 N–H and O–H groups in total. The molecular formula is C17H30ClN5O3. The van der Waals surface area contributed by atoms with Gasteiger partial charge in [-0.05, 0) is 45.2 Å². The van der Waals surface area contributed by atoms with Crippen LogP contribution in [0.25, 0.3) is 0 Å². The van der Waals surface area contributed by atoms with Crippen molar-refractivity contribution >= 4 is 29.4 Å². The van der Waals surface area contributed by atoms with E-state index in [0.717, 1.165) is 25.8 Å². The Hall–Kier alpha value is -1.96. The number of nitrogens with zero attached hydrogens (tertiary/aromatic N) is 1. The maximum atomic E-state index is 12.3. The summed E-state index contributed by atoms with van der Waals surface area (Å²) in [6.45, 7) is 9.07. The highest BCUT2D eigenvalue weighted by Crippen LogP contribution is 2.16. The third-order valence-electron chi connectivity index (χ3n) is 3.28. The molecule has 0 bridgehead atoms. The molecule has 9 heteroatoms. The molecule has 1 rings (SSSR count). The molecule has 26 heavy (non-hydrogen) atoms. The van der Waals surface area contributed by atoms with Crippen LogP contribution >= 0.6 is 11.6 Å². The van der Waals surface area contributed by atoms with Crippen molar-refractivity contribution in [2.75, 3.05) is 25.0 Å². The predicted molar refractivity (Wildman–Crippen MR) is 103 cm³/mol. The molecule has 0 unspecified atom stereocenters. The molecule has 0 saturated heterocycles. The van der Waals surface area contributed by atoms with Crippen molar-refractivity contribution < 1.29 is 14.3 Å². The summed E-state index contributed by atoms with van der Waals surface area (Å²) in [6, 6.07) is 0. The Morgan fingerprint density at radius 2 is 1.81 bits per heavy atom. The van der Waals surface area contributed by atoms with Crippen molar-refractivity contribution in [1.82, 2.24) is 20.6 Å². The van der Waals surface area contributed by atoms with Gasteiger partial charge in [-0.1, -0.05) is 19.8 Å². The Labute approximate surface area is 159 Å². The fourth-order valence-corrected chi connectivity index (χ4v) is 2.28. The number of carbonyl (C=O) groups is 2. The normalized spacial score (nSPS) is 11.1. The van der Waals surface area contributed by atoms with Gasteiger partial charge >= 0.3 is 6.09 Å². The van der Waals surface area contributed by atoms with Crippen molar-refractivity contribution in [2.24, 2.45) is 0 Å². The van der Waals surface area contributed by atoms with Crippen molar-refractivity contribution in [1.29, 1.82) is 0 Å². The second-order valence-electron chi connectivity index (χ2n) is 6.92. The third kappa shape index (κ3) is 8.94. The van der Waals surface area contributed by atoms with E-state index in [1.54, 1.807) is 20.8 Å². The Morgan fingerprint density at radius 3 is 2.46 bits per heavy atom. The number of rotatable bonds is 10. The summed E-state index contributed by atoms with van der Waals surface area (Å²) in [5.74, 6) is 0.162. The van der Waals surface area contributed by atoms with Gasteiger partial charge in [-0.15, -0.1) is 0 Å². The van der Waals surface area contributed by atoms with Crippen LogP contribution in [-0.4, -0.2) is 47.2 Å². The summed E-state index contributed by atoms with van der Waals surface area (Å²) >= 11 is 5.87. The number of ether oxygens (including phenoxy) is 1. The summed E-state index contributed by atoms with van der Waals surface area (Å²) in [7, 11) is 0. The quantitative estimate of drug-likeness (QED) is 0.460. The lowest BCUT2D eigenvalue weighted by Crippen LogP contribution is -2.34. The fourth-order valence-electron chi connectivity index (χ4n) is 2.10. The highest BCUT2D eigenvalue weighted by molar-refractivity contribution is 6.28. The van der Waals surface area contributed by atoms with Gasteiger partial charge in [0.05, 0.1) is 0 Å². The average Bonchev–Trinajstić information content (AvgIpc) is 2.90. The van der Waals surface area contributed by atoms with Crippen LogP contribution in [-0.2, 0) is 4.74 Å². The number of halogens is 1. The number of alkyl carbamates (subject to hydrolysis) is 1. The van der Waals surface area contributed by atoms with Crippen LogP contribution in [0.3, 0.4) is 0 Å². The molecule has 2 amide bonds. The summed E-state index contributed by atoms with van der Waals surface area (Å²) < 4.78 is 5.13. The number of anilines is 1. The minimum Gasteiger partial charge on any atom is -0.444 e. The van der Waals surface area contributed by atoms with E-state index in [2.05, 4.69) is 32.8 Å². The van der Waals surface area contributed by atoms with Gasteiger partial charge in [0.2, 0.25) is 5.28 Å². The van der Waals surface area contributed by atoms with Crippen molar-refractivity contribution in [3.63, 3.8) is 0 Å². The average molecular weight is 388 g/mol. The second-order valence-corrected chi connectivity index (χ2v) is 7.28. The number of H-pyrrole nitrogens is 1. The predicted octanol–water partition coefficient (Wildman–Crippen LogP) is 3.31. The van der Waals surface area contributed by atoms with Gasteiger partial charge in [0.1, 0.15) is 11.3 Å². The van der Waals surface area contributed by atoms with E-state index in [-0.39, 0.29) is 11.2 Å². The number of hydrogen-bond acceptors (Lipinski definition) is 5. The highest BCUT2D eigenvalue weighted by Gasteiger charge is 2.17. The van der Waals surface area contributed by atoms with Crippen LogP contribution in [0.15, 0.2) is 0 Å². The summed E-state index contributed by atoms with van der Waals surface area (Å²) in [5.41, 5.74) is -0.217. The Morgan fingerprint density at radius 1 is 1.12 bits per heavy atom. The SMILES string of the molecule is CCCCCNc1nc(Cl)[nH]c1C(=O)NCCCNC(=O)OC(C)(C)C. The van der Waals surface area contributed by atoms with Gasteiger partial charge in [-0.25, -0.2) is 9.78 Å². The maximum Gasteiger partial charge on any atom is 0.407 e. The van der Waals surface area contributed by atoms with Gasteiger partial charge in [0.25, 0.3) is 5.91 Å². The monoisotopic (exact) mass is 387 g/mol. The minimum absolute atomic E-state index is 0.166. The lowest BCUT2D eigenvalue weighted by molar-refractivity contribution is 0.0527. The van der Waals surface area contributed by atoms with Crippen molar-refractivity contribution in [3.05, 3.63) is 11.0 Å². The third-order valence-corrected chi connectivity index (χ3v) is 3.46. The Bertz CT molecular complexity index is 583. The van der Waals surface area contributed by atoms with Crippen LogP contribution in [0, 0.1) is 0 Å². The van der Waals surface area contributed by atoms with Crippen LogP contribution in [0.4, 0.5) is 10.6 Å². The molecule has 1 heterocycles. The van der Waals surface area contributed by atoms with Crippen molar-refractivity contribution in [3.8, 4) is 0 Å². The first-order chi connectivity index (χ1) is 12.2. The van der Waals surface area contributed by atoms with Gasteiger partial charge < -0.3 is 25.7 Å². The van der Waals surface area contributed by atoms with Gasteiger partial charge in [-0.3, -0.25) is 4.79 Å². The van der Waals surface area contributed by atoms with Gasteiger partial charge in [0, 0.05) is 19.6 Å². The van der Waals surface area contributed by atoms with Crippen LogP contribution in [0.2, 0.25) is 5.28 Å². The smallest absolute Gasteiger partial charge is 0.407 e. The number of imidazole rings is 1. The van der Waals surface area contributed by atoms with Crippen LogP contribution in [0.5, 0.6) is 0 Å². The number of aromatic nitrogens is 2.